The number of thiophene rings is 1. The molecular formula is C17H22N4O2S. The number of piperidine rings is 1. The summed E-state index contributed by atoms with van der Waals surface area (Å²) in [6.07, 6.45) is 5.20. The maximum atomic E-state index is 12.4. The van der Waals surface area contributed by atoms with Crippen LogP contribution >= 0.6 is 11.3 Å². The molecule has 0 saturated carbocycles. The predicted octanol–water partition coefficient (Wildman–Crippen LogP) is 2.64. The molecule has 1 saturated heterocycles. The number of aromatic nitrogens is 3. The number of carbonyl (C=O) groups excluding carboxylic acids is 2. The van der Waals surface area contributed by atoms with E-state index in [4.69, 9.17) is 0 Å². The van der Waals surface area contributed by atoms with Gasteiger partial charge < -0.3 is 9.47 Å². The van der Waals surface area contributed by atoms with Gasteiger partial charge in [-0.2, -0.15) is 0 Å². The van der Waals surface area contributed by atoms with Gasteiger partial charge in [0.2, 0.25) is 5.91 Å². The van der Waals surface area contributed by atoms with Crippen LogP contribution in [0.4, 0.5) is 0 Å². The first-order valence-electron chi connectivity index (χ1n) is 8.33. The summed E-state index contributed by atoms with van der Waals surface area (Å²) in [5, 5.41) is 10.0. The normalized spacial score (nSPS) is 17.9. The van der Waals surface area contributed by atoms with Gasteiger partial charge in [-0.25, -0.2) is 0 Å². The topological polar surface area (TPSA) is 68.1 Å². The Hall–Kier alpha value is -2.02. The molecule has 2 aromatic heterocycles. The second kappa shape index (κ2) is 7.70. The molecule has 24 heavy (non-hydrogen) atoms. The van der Waals surface area contributed by atoms with E-state index < -0.39 is 0 Å². The third-order valence-corrected chi connectivity index (χ3v) is 5.39. The molecular weight excluding hydrogens is 324 g/mol. The molecule has 1 aliphatic rings. The lowest BCUT2D eigenvalue weighted by molar-refractivity contribution is -0.132. The largest absolute Gasteiger partial charge is 0.342 e. The highest BCUT2D eigenvalue weighted by Gasteiger charge is 2.27. The lowest BCUT2D eigenvalue weighted by atomic mass is 9.96. The number of rotatable bonds is 6. The van der Waals surface area contributed by atoms with Crippen molar-refractivity contribution in [2.24, 2.45) is 7.05 Å². The molecule has 0 aliphatic carbocycles. The summed E-state index contributed by atoms with van der Waals surface area (Å²) in [6.45, 7) is 1.50. The Bertz CT molecular complexity index is 695. The zero-order chi connectivity index (χ0) is 16.9. The molecule has 6 nitrogen and oxygen atoms in total. The van der Waals surface area contributed by atoms with Gasteiger partial charge in [0, 0.05) is 38.9 Å². The number of aryl methyl sites for hydroxylation is 1. The summed E-state index contributed by atoms with van der Waals surface area (Å²) < 4.78 is 1.93. The van der Waals surface area contributed by atoms with E-state index in [-0.39, 0.29) is 17.6 Å². The first-order valence-corrected chi connectivity index (χ1v) is 9.21. The van der Waals surface area contributed by atoms with Crippen LogP contribution in [0.2, 0.25) is 0 Å². The van der Waals surface area contributed by atoms with Crippen molar-refractivity contribution in [3.05, 3.63) is 34.5 Å². The standard InChI is InChI=1S/C17H22N4O2S/c1-20-12-18-19-17(20)13-5-3-9-21(11-13)16(23)8-2-6-14(22)15-7-4-10-24-15/h4,7,10,12-13H,2-3,5-6,8-9,11H2,1H3. The van der Waals surface area contributed by atoms with E-state index in [1.807, 2.05) is 34.0 Å². The van der Waals surface area contributed by atoms with Gasteiger partial charge in [0.25, 0.3) is 0 Å². The van der Waals surface area contributed by atoms with Gasteiger partial charge in [0.05, 0.1) is 4.88 Å². The van der Waals surface area contributed by atoms with E-state index in [0.717, 1.165) is 30.1 Å². The lowest BCUT2D eigenvalue weighted by Gasteiger charge is -2.32. The van der Waals surface area contributed by atoms with Gasteiger partial charge >= 0.3 is 0 Å². The summed E-state index contributed by atoms with van der Waals surface area (Å²) in [5.74, 6) is 1.47. The van der Waals surface area contributed by atoms with Crippen LogP contribution in [0, 0.1) is 0 Å². The van der Waals surface area contributed by atoms with Gasteiger partial charge in [-0.3, -0.25) is 9.59 Å². The summed E-state index contributed by atoms with van der Waals surface area (Å²) >= 11 is 1.46. The number of hydrogen-bond donors (Lipinski definition) is 0. The molecule has 1 unspecified atom stereocenters. The molecule has 0 radical (unpaired) electrons. The molecule has 1 aliphatic heterocycles. The van der Waals surface area contributed by atoms with Crippen molar-refractivity contribution >= 4 is 23.0 Å². The molecule has 0 bridgehead atoms. The highest BCUT2D eigenvalue weighted by molar-refractivity contribution is 7.12. The van der Waals surface area contributed by atoms with E-state index in [1.54, 1.807) is 6.33 Å². The van der Waals surface area contributed by atoms with E-state index in [1.165, 1.54) is 11.3 Å². The molecule has 1 amide bonds. The van der Waals surface area contributed by atoms with Gasteiger partial charge in [-0.15, -0.1) is 21.5 Å². The average Bonchev–Trinajstić information content (AvgIpc) is 3.26. The van der Waals surface area contributed by atoms with Crippen molar-refractivity contribution in [3.8, 4) is 0 Å². The van der Waals surface area contributed by atoms with E-state index in [2.05, 4.69) is 10.2 Å². The molecule has 2 aromatic rings. The summed E-state index contributed by atoms with van der Waals surface area (Å²) in [7, 11) is 1.94. The SMILES string of the molecule is Cn1cnnc1C1CCCN(C(=O)CCCC(=O)c2cccs2)C1. The minimum Gasteiger partial charge on any atom is -0.342 e. The second-order valence-corrected chi connectivity index (χ2v) is 7.18. The average molecular weight is 346 g/mol. The molecule has 1 fully saturated rings. The van der Waals surface area contributed by atoms with Gasteiger partial charge in [-0.05, 0) is 30.7 Å². The fourth-order valence-electron chi connectivity index (χ4n) is 3.19. The third-order valence-electron chi connectivity index (χ3n) is 4.48. The maximum Gasteiger partial charge on any atom is 0.222 e. The van der Waals surface area contributed by atoms with Crippen molar-refractivity contribution in [3.63, 3.8) is 0 Å². The molecule has 0 spiro atoms. The molecule has 3 heterocycles. The van der Waals surface area contributed by atoms with Crippen LogP contribution in [0.5, 0.6) is 0 Å². The Kier molecular flexibility index (Phi) is 5.40. The Morgan fingerprint density at radius 1 is 1.38 bits per heavy atom. The molecule has 1 atom stereocenters. The minimum absolute atomic E-state index is 0.133. The first kappa shape index (κ1) is 16.8. The quantitative estimate of drug-likeness (QED) is 0.754. The minimum atomic E-state index is 0.133. The molecule has 7 heteroatoms. The molecule has 0 N–H and O–H groups in total. The fourth-order valence-corrected chi connectivity index (χ4v) is 3.89. The van der Waals surface area contributed by atoms with Crippen molar-refractivity contribution in [2.75, 3.05) is 13.1 Å². The van der Waals surface area contributed by atoms with Crippen molar-refractivity contribution < 1.29 is 9.59 Å². The Morgan fingerprint density at radius 3 is 2.96 bits per heavy atom. The monoisotopic (exact) mass is 346 g/mol. The number of Topliss-reactive ketones (excluding diaryl/α,β-unsaturated/α-hetero) is 1. The van der Waals surface area contributed by atoms with Crippen molar-refractivity contribution in [2.45, 2.75) is 38.0 Å². The summed E-state index contributed by atoms with van der Waals surface area (Å²) in [6, 6.07) is 3.72. The summed E-state index contributed by atoms with van der Waals surface area (Å²) in [5.41, 5.74) is 0. The van der Waals surface area contributed by atoms with Crippen molar-refractivity contribution in [1.29, 1.82) is 0 Å². The molecule has 3 rings (SSSR count). The Balaban J connectivity index is 1.48. The van der Waals surface area contributed by atoms with E-state index in [0.29, 0.717) is 25.8 Å². The number of hydrogen-bond acceptors (Lipinski definition) is 5. The van der Waals surface area contributed by atoms with Gasteiger partial charge in [-0.1, -0.05) is 6.07 Å². The highest BCUT2D eigenvalue weighted by atomic mass is 32.1. The Labute approximate surface area is 145 Å². The molecule has 0 aromatic carbocycles. The van der Waals surface area contributed by atoms with Gasteiger partial charge in [0.15, 0.2) is 5.78 Å². The van der Waals surface area contributed by atoms with E-state index in [9.17, 15) is 9.59 Å². The van der Waals surface area contributed by atoms with Crippen LogP contribution < -0.4 is 0 Å². The van der Waals surface area contributed by atoms with Crippen LogP contribution in [0.15, 0.2) is 23.8 Å². The second-order valence-electron chi connectivity index (χ2n) is 6.23. The first-order chi connectivity index (χ1) is 11.6. The number of likely N-dealkylation sites (tertiary alicyclic amines) is 1. The van der Waals surface area contributed by atoms with Crippen LogP contribution in [0.3, 0.4) is 0 Å². The van der Waals surface area contributed by atoms with Crippen LogP contribution in [0.25, 0.3) is 0 Å². The van der Waals surface area contributed by atoms with Crippen LogP contribution in [0.1, 0.15) is 53.5 Å². The zero-order valence-electron chi connectivity index (χ0n) is 13.9. The lowest BCUT2D eigenvalue weighted by Crippen LogP contribution is -2.39. The Morgan fingerprint density at radius 2 is 2.25 bits per heavy atom. The number of carbonyl (C=O) groups is 2. The predicted molar refractivity (Wildman–Crippen MR) is 92.1 cm³/mol. The zero-order valence-corrected chi connectivity index (χ0v) is 14.7. The van der Waals surface area contributed by atoms with Crippen LogP contribution in [-0.2, 0) is 11.8 Å². The summed E-state index contributed by atoms with van der Waals surface area (Å²) in [4.78, 5) is 27.1. The number of amides is 1. The highest BCUT2D eigenvalue weighted by Crippen LogP contribution is 2.25. The van der Waals surface area contributed by atoms with Gasteiger partial charge in [0.1, 0.15) is 12.2 Å². The van der Waals surface area contributed by atoms with Crippen molar-refractivity contribution in [1.82, 2.24) is 19.7 Å². The smallest absolute Gasteiger partial charge is 0.222 e. The van der Waals surface area contributed by atoms with E-state index >= 15 is 0 Å². The fraction of sp³-hybridized carbons (Fsp3) is 0.529. The van der Waals surface area contributed by atoms with Crippen LogP contribution in [-0.4, -0.2) is 44.4 Å². The maximum absolute atomic E-state index is 12.4. The third kappa shape index (κ3) is 3.90. The number of ketones is 1. The number of nitrogens with zero attached hydrogens (tertiary/aromatic N) is 4. The molecule has 128 valence electrons.